The highest BCUT2D eigenvalue weighted by Crippen LogP contribution is 2.39. The van der Waals surface area contributed by atoms with E-state index in [0.29, 0.717) is 11.6 Å². The monoisotopic (exact) mass is 301 g/mol. The third-order valence-corrected chi connectivity index (χ3v) is 4.81. The number of aryl methyl sites for hydroxylation is 1. The summed E-state index contributed by atoms with van der Waals surface area (Å²) in [6.45, 7) is 13.1. The van der Waals surface area contributed by atoms with Crippen molar-refractivity contribution in [1.29, 1.82) is 0 Å². The second kappa shape index (κ2) is 7.43. The van der Waals surface area contributed by atoms with E-state index in [0.717, 1.165) is 31.6 Å². The van der Waals surface area contributed by atoms with Crippen LogP contribution in [-0.4, -0.2) is 38.4 Å². The summed E-state index contributed by atoms with van der Waals surface area (Å²) in [7, 11) is 0. The Bertz CT molecular complexity index is 411. The molecule has 5 heteroatoms. The molecule has 0 aromatic carbocycles. The van der Waals surface area contributed by atoms with Gasteiger partial charge in [-0.2, -0.15) is 5.10 Å². The molecule has 1 rings (SSSR count). The van der Waals surface area contributed by atoms with Crippen molar-refractivity contribution in [2.75, 3.05) is 13.1 Å². The molecule has 1 atom stereocenters. The molecule has 0 amide bonds. The maximum atomic E-state index is 11.1. The van der Waals surface area contributed by atoms with Gasteiger partial charge in [0.05, 0.1) is 22.5 Å². The van der Waals surface area contributed by atoms with Crippen molar-refractivity contribution in [1.82, 2.24) is 14.7 Å². The van der Waals surface area contributed by atoms with Crippen LogP contribution in [0.5, 0.6) is 0 Å². The van der Waals surface area contributed by atoms with E-state index in [-0.39, 0.29) is 5.54 Å². The maximum absolute atomic E-state index is 11.1. The van der Waals surface area contributed by atoms with Crippen molar-refractivity contribution in [2.45, 2.75) is 65.6 Å². The quantitative estimate of drug-likeness (QED) is 0.799. The number of hydrogen-bond acceptors (Lipinski definition) is 3. The van der Waals surface area contributed by atoms with Crippen LogP contribution in [0.3, 0.4) is 0 Å². The standard InChI is InChI=1S/C15H28ClN3O/c1-6-15(7-2,18(8-3)9-4)14(20)13-12(16)11-17-19(13)10-5/h11,14,20H,6-10H2,1-5H3. The van der Waals surface area contributed by atoms with Gasteiger partial charge in [-0.1, -0.05) is 39.3 Å². The second-order valence-electron chi connectivity index (χ2n) is 5.08. The Labute approximate surface area is 127 Å². The summed E-state index contributed by atoms with van der Waals surface area (Å²) in [6, 6.07) is 0. The fourth-order valence-electron chi connectivity index (χ4n) is 3.26. The number of likely N-dealkylation sites (N-methyl/N-ethyl adjacent to an activating group) is 1. The highest BCUT2D eigenvalue weighted by Gasteiger charge is 2.42. The van der Waals surface area contributed by atoms with E-state index in [1.807, 2.05) is 6.92 Å². The van der Waals surface area contributed by atoms with Crippen LogP contribution in [0, 0.1) is 0 Å². The lowest BCUT2D eigenvalue weighted by Gasteiger charge is -2.45. The molecule has 1 unspecified atom stereocenters. The summed E-state index contributed by atoms with van der Waals surface area (Å²) in [4.78, 5) is 2.33. The molecule has 0 saturated carbocycles. The van der Waals surface area contributed by atoms with Crippen LogP contribution in [0.15, 0.2) is 6.20 Å². The van der Waals surface area contributed by atoms with Gasteiger partial charge in [0.15, 0.2) is 0 Å². The lowest BCUT2D eigenvalue weighted by molar-refractivity contribution is -0.0407. The SMILES string of the molecule is CCN(CC)C(CC)(CC)C(O)c1c(Cl)cnn1CC. The first-order valence-corrected chi connectivity index (χ1v) is 8.04. The molecule has 20 heavy (non-hydrogen) atoms. The molecule has 1 aromatic heterocycles. The fourth-order valence-corrected chi connectivity index (χ4v) is 3.51. The molecule has 1 heterocycles. The number of nitrogens with zero attached hydrogens (tertiary/aromatic N) is 3. The third-order valence-electron chi connectivity index (χ3n) is 4.52. The first kappa shape index (κ1) is 17.5. The molecule has 0 spiro atoms. The van der Waals surface area contributed by atoms with Crippen molar-refractivity contribution >= 4 is 11.6 Å². The number of aromatic nitrogens is 2. The Balaban J connectivity index is 3.30. The zero-order chi connectivity index (χ0) is 15.3. The van der Waals surface area contributed by atoms with Crippen molar-refractivity contribution in [2.24, 2.45) is 0 Å². The summed E-state index contributed by atoms with van der Waals surface area (Å²) < 4.78 is 1.80. The minimum Gasteiger partial charge on any atom is -0.385 e. The van der Waals surface area contributed by atoms with Crippen LogP contribution in [-0.2, 0) is 6.54 Å². The van der Waals surface area contributed by atoms with Crippen LogP contribution >= 0.6 is 11.6 Å². The summed E-state index contributed by atoms with van der Waals surface area (Å²) in [5.41, 5.74) is 0.449. The Morgan fingerprint density at radius 1 is 1.25 bits per heavy atom. The number of halogens is 1. The maximum Gasteiger partial charge on any atom is 0.115 e. The van der Waals surface area contributed by atoms with Crippen LogP contribution in [0.25, 0.3) is 0 Å². The average molecular weight is 302 g/mol. The lowest BCUT2D eigenvalue weighted by Crippen LogP contribution is -2.52. The second-order valence-corrected chi connectivity index (χ2v) is 5.49. The minimum absolute atomic E-state index is 0.292. The van der Waals surface area contributed by atoms with Crippen molar-refractivity contribution in [3.63, 3.8) is 0 Å². The molecular weight excluding hydrogens is 274 g/mol. The van der Waals surface area contributed by atoms with E-state index in [2.05, 4.69) is 37.7 Å². The van der Waals surface area contributed by atoms with E-state index in [1.165, 1.54) is 0 Å². The van der Waals surface area contributed by atoms with Gasteiger partial charge in [0.1, 0.15) is 6.10 Å². The molecule has 0 saturated heterocycles. The predicted octanol–water partition coefficient (Wildman–Crippen LogP) is 3.49. The Kier molecular flexibility index (Phi) is 6.49. The van der Waals surface area contributed by atoms with Gasteiger partial charge in [-0.25, -0.2) is 0 Å². The van der Waals surface area contributed by atoms with Gasteiger partial charge in [-0.05, 0) is 32.9 Å². The molecule has 1 N–H and O–H groups in total. The summed E-state index contributed by atoms with van der Waals surface area (Å²) in [6.07, 6.45) is 2.74. The zero-order valence-corrected chi connectivity index (χ0v) is 14.1. The number of hydrogen-bond donors (Lipinski definition) is 1. The molecule has 0 aliphatic rings. The summed E-state index contributed by atoms with van der Waals surface area (Å²) in [5, 5.41) is 15.9. The normalized spacial score (nSPS) is 14.0. The zero-order valence-electron chi connectivity index (χ0n) is 13.4. The highest BCUT2D eigenvalue weighted by molar-refractivity contribution is 6.31. The Morgan fingerprint density at radius 2 is 1.80 bits per heavy atom. The van der Waals surface area contributed by atoms with Crippen LogP contribution in [0.4, 0.5) is 0 Å². The van der Waals surface area contributed by atoms with E-state index >= 15 is 0 Å². The molecule has 116 valence electrons. The van der Waals surface area contributed by atoms with Gasteiger partial charge in [0, 0.05) is 6.54 Å². The largest absolute Gasteiger partial charge is 0.385 e. The van der Waals surface area contributed by atoms with Crippen LogP contribution in [0.2, 0.25) is 5.02 Å². The molecule has 4 nitrogen and oxygen atoms in total. The van der Waals surface area contributed by atoms with E-state index < -0.39 is 6.10 Å². The smallest absolute Gasteiger partial charge is 0.115 e. The molecule has 1 aromatic rings. The minimum atomic E-state index is -0.632. The van der Waals surface area contributed by atoms with Gasteiger partial charge in [0.2, 0.25) is 0 Å². The van der Waals surface area contributed by atoms with Crippen molar-refractivity contribution in [3.05, 3.63) is 16.9 Å². The molecule has 0 fully saturated rings. The number of aliphatic hydroxyl groups is 1. The van der Waals surface area contributed by atoms with E-state index in [9.17, 15) is 5.11 Å². The van der Waals surface area contributed by atoms with Crippen molar-refractivity contribution < 1.29 is 5.11 Å². The third kappa shape index (κ3) is 2.87. The first-order chi connectivity index (χ1) is 9.52. The summed E-state index contributed by atoms with van der Waals surface area (Å²) in [5.74, 6) is 0. The molecule has 0 aliphatic carbocycles. The fraction of sp³-hybridized carbons (Fsp3) is 0.800. The van der Waals surface area contributed by atoms with Gasteiger partial charge in [-0.15, -0.1) is 0 Å². The predicted molar refractivity (Wildman–Crippen MR) is 84.1 cm³/mol. The van der Waals surface area contributed by atoms with E-state index in [4.69, 9.17) is 11.6 Å². The number of rotatable bonds is 8. The molecule has 0 aliphatic heterocycles. The molecule has 0 bridgehead atoms. The van der Waals surface area contributed by atoms with Crippen LogP contribution < -0.4 is 0 Å². The van der Waals surface area contributed by atoms with Gasteiger partial charge < -0.3 is 5.11 Å². The molecular formula is C15H28ClN3O. The van der Waals surface area contributed by atoms with Crippen LogP contribution in [0.1, 0.15) is 59.3 Å². The topological polar surface area (TPSA) is 41.3 Å². The van der Waals surface area contributed by atoms with Gasteiger partial charge in [0.25, 0.3) is 0 Å². The van der Waals surface area contributed by atoms with Gasteiger partial charge in [-0.3, -0.25) is 9.58 Å². The first-order valence-electron chi connectivity index (χ1n) is 7.66. The summed E-state index contributed by atoms with van der Waals surface area (Å²) >= 11 is 6.27. The van der Waals surface area contributed by atoms with Crippen molar-refractivity contribution in [3.8, 4) is 0 Å². The lowest BCUT2D eigenvalue weighted by atomic mass is 9.82. The van der Waals surface area contributed by atoms with Gasteiger partial charge >= 0.3 is 0 Å². The number of aliphatic hydroxyl groups excluding tert-OH is 1. The average Bonchev–Trinajstić information content (AvgIpc) is 2.85. The Hall–Kier alpha value is -0.580. The molecule has 0 radical (unpaired) electrons. The Morgan fingerprint density at radius 3 is 2.20 bits per heavy atom. The highest BCUT2D eigenvalue weighted by atomic mass is 35.5. The van der Waals surface area contributed by atoms with E-state index in [1.54, 1.807) is 10.9 Å².